The van der Waals surface area contributed by atoms with E-state index in [9.17, 15) is 9.59 Å². The average molecular weight is 440 g/mol. The van der Waals surface area contributed by atoms with Crippen molar-refractivity contribution < 1.29 is 9.59 Å². The number of thiazole rings is 1. The molecule has 1 aliphatic heterocycles. The molecule has 0 spiro atoms. The molecule has 1 saturated heterocycles. The number of amides is 2. The summed E-state index contributed by atoms with van der Waals surface area (Å²) >= 11 is 1.54. The van der Waals surface area contributed by atoms with Crippen LogP contribution in [-0.4, -0.2) is 69.9 Å². The molecule has 0 unspecified atom stereocenters. The van der Waals surface area contributed by atoms with Gasteiger partial charge in [-0.25, -0.2) is 4.98 Å². The van der Waals surface area contributed by atoms with Crippen LogP contribution in [0.25, 0.3) is 15.3 Å². The number of fused-ring (bicyclic) bond motifs is 1. The van der Waals surface area contributed by atoms with Crippen LogP contribution in [0.2, 0.25) is 0 Å². The molecule has 0 radical (unpaired) electrons. The maximum absolute atomic E-state index is 13.1. The molecule has 2 amide bonds. The molecule has 3 heterocycles. The number of rotatable bonds is 6. The first-order valence-electron chi connectivity index (χ1n) is 10.8. The van der Waals surface area contributed by atoms with Crippen molar-refractivity contribution in [2.75, 3.05) is 32.7 Å². The lowest BCUT2D eigenvalue weighted by Gasteiger charge is -2.36. The summed E-state index contributed by atoms with van der Waals surface area (Å²) in [5.41, 5.74) is 1.40. The molecule has 1 N–H and O–H groups in total. The average Bonchev–Trinajstić information content (AvgIpc) is 3.45. The minimum absolute atomic E-state index is 0.00728. The predicted octanol–water partition coefficient (Wildman–Crippen LogP) is 3.01. The molecule has 1 fully saturated rings. The highest BCUT2D eigenvalue weighted by molar-refractivity contribution is 7.20. The van der Waals surface area contributed by atoms with Gasteiger partial charge in [0.05, 0.1) is 10.2 Å². The van der Waals surface area contributed by atoms with Gasteiger partial charge in [-0.05, 0) is 42.8 Å². The Labute approximate surface area is 186 Å². The van der Waals surface area contributed by atoms with Crippen LogP contribution >= 0.6 is 11.3 Å². The Morgan fingerprint density at radius 1 is 1.13 bits per heavy atom. The van der Waals surface area contributed by atoms with Gasteiger partial charge in [0, 0.05) is 44.1 Å². The van der Waals surface area contributed by atoms with Crippen LogP contribution in [0.4, 0.5) is 0 Å². The molecule has 1 aromatic carbocycles. The van der Waals surface area contributed by atoms with Crippen molar-refractivity contribution in [2.24, 2.45) is 5.92 Å². The van der Waals surface area contributed by atoms with E-state index in [1.807, 2.05) is 60.0 Å². The molecule has 2 aromatic heterocycles. The van der Waals surface area contributed by atoms with Crippen LogP contribution in [0.1, 0.15) is 31.1 Å². The van der Waals surface area contributed by atoms with Gasteiger partial charge < -0.3 is 19.7 Å². The monoisotopic (exact) mass is 439 g/mol. The Hall–Kier alpha value is -2.71. The normalized spacial score (nSPS) is 16.1. The number of carbonyl (C=O) groups is 2. The smallest absolute Gasteiger partial charge is 0.251 e. The Morgan fingerprint density at radius 3 is 2.48 bits per heavy atom. The lowest BCUT2D eigenvalue weighted by atomic mass is 10.0. The number of nitrogens with zero attached hydrogens (tertiary/aromatic N) is 4. The number of benzene rings is 1. The fourth-order valence-corrected chi connectivity index (χ4v) is 4.82. The molecule has 0 aliphatic carbocycles. The van der Waals surface area contributed by atoms with E-state index in [2.05, 4.69) is 22.1 Å². The van der Waals surface area contributed by atoms with E-state index >= 15 is 0 Å². The SMILES string of the molecule is CCN1CCN(C(=O)[C@@H](NC(=O)c2ccc3nc(-n4cccc4)sc3c2)C(C)C)CC1. The van der Waals surface area contributed by atoms with Gasteiger partial charge in [0.1, 0.15) is 6.04 Å². The van der Waals surface area contributed by atoms with E-state index in [4.69, 9.17) is 0 Å². The molecular formula is C23H29N5O2S. The van der Waals surface area contributed by atoms with Crippen LogP contribution in [0.5, 0.6) is 0 Å². The molecule has 0 saturated carbocycles. The van der Waals surface area contributed by atoms with Gasteiger partial charge in [0.15, 0.2) is 5.13 Å². The summed E-state index contributed by atoms with van der Waals surface area (Å²) in [5, 5.41) is 3.85. The van der Waals surface area contributed by atoms with Crippen molar-refractivity contribution in [1.29, 1.82) is 0 Å². The summed E-state index contributed by atoms with van der Waals surface area (Å²) in [5.74, 6) is -0.210. The Balaban J connectivity index is 1.48. The highest BCUT2D eigenvalue weighted by Crippen LogP contribution is 2.26. The van der Waals surface area contributed by atoms with Crippen molar-refractivity contribution in [3.05, 3.63) is 48.3 Å². The molecule has 164 valence electrons. The van der Waals surface area contributed by atoms with Crippen molar-refractivity contribution in [2.45, 2.75) is 26.8 Å². The summed E-state index contributed by atoms with van der Waals surface area (Å²) in [4.78, 5) is 35.0. The summed E-state index contributed by atoms with van der Waals surface area (Å²) in [6, 6.07) is 8.87. The highest BCUT2D eigenvalue weighted by Gasteiger charge is 2.30. The first kappa shape index (κ1) is 21.5. The maximum atomic E-state index is 13.1. The molecular weight excluding hydrogens is 410 g/mol. The summed E-state index contributed by atoms with van der Waals surface area (Å²) in [7, 11) is 0. The zero-order valence-corrected chi connectivity index (χ0v) is 19.1. The maximum Gasteiger partial charge on any atom is 0.251 e. The number of hydrogen-bond acceptors (Lipinski definition) is 5. The molecule has 0 bridgehead atoms. The van der Waals surface area contributed by atoms with E-state index in [0.717, 1.165) is 35.0 Å². The lowest BCUT2D eigenvalue weighted by Crippen LogP contribution is -2.56. The van der Waals surface area contributed by atoms with Gasteiger partial charge in [0.25, 0.3) is 5.91 Å². The van der Waals surface area contributed by atoms with Crippen molar-refractivity contribution in [3.8, 4) is 5.13 Å². The van der Waals surface area contributed by atoms with Gasteiger partial charge in [-0.2, -0.15) is 0 Å². The molecule has 4 rings (SSSR count). The minimum Gasteiger partial charge on any atom is -0.340 e. The van der Waals surface area contributed by atoms with Gasteiger partial charge in [-0.15, -0.1) is 0 Å². The van der Waals surface area contributed by atoms with Crippen molar-refractivity contribution >= 4 is 33.4 Å². The van der Waals surface area contributed by atoms with E-state index < -0.39 is 6.04 Å². The van der Waals surface area contributed by atoms with Gasteiger partial charge in [0.2, 0.25) is 5.91 Å². The predicted molar refractivity (Wildman–Crippen MR) is 124 cm³/mol. The van der Waals surface area contributed by atoms with Crippen molar-refractivity contribution in [1.82, 2.24) is 24.7 Å². The third-order valence-electron chi connectivity index (χ3n) is 5.82. The highest BCUT2D eigenvalue weighted by atomic mass is 32.1. The van der Waals surface area contributed by atoms with E-state index in [-0.39, 0.29) is 17.7 Å². The van der Waals surface area contributed by atoms with Crippen molar-refractivity contribution in [3.63, 3.8) is 0 Å². The standard InChI is InChI=1S/C23H29N5O2S/c1-4-26-11-13-27(14-12-26)22(30)20(16(2)3)25-21(29)17-7-8-18-19(15-17)31-23(24-18)28-9-5-6-10-28/h5-10,15-16,20H,4,11-14H2,1-3H3,(H,25,29)/t20-/m0/s1. The second-order valence-electron chi connectivity index (χ2n) is 8.22. The summed E-state index contributed by atoms with van der Waals surface area (Å²) in [6.07, 6.45) is 3.90. The van der Waals surface area contributed by atoms with Crippen LogP contribution in [0.15, 0.2) is 42.7 Å². The van der Waals surface area contributed by atoms with Gasteiger partial charge in [-0.1, -0.05) is 32.1 Å². The van der Waals surface area contributed by atoms with Crippen LogP contribution < -0.4 is 5.32 Å². The fraction of sp³-hybridized carbons (Fsp3) is 0.435. The Morgan fingerprint density at radius 2 is 1.84 bits per heavy atom. The van der Waals surface area contributed by atoms with Crippen LogP contribution in [-0.2, 0) is 4.79 Å². The first-order valence-corrected chi connectivity index (χ1v) is 11.6. The fourth-order valence-electron chi connectivity index (χ4n) is 3.85. The quantitative estimate of drug-likeness (QED) is 0.641. The lowest BCUT2D eigenvalue weighted by molar-refractivity contribution is -0.136. The summed E-state index contributed by atoms with van der Waals surface area (Å²) in [6.45, 7) is 10.3. The number of piperazine rings is 1. The topological polar surface area (TPSA) is 70.5 Å². The second kappa shape index (κ2) is 9.20. The van der Waals surface area contributed by atoms with Crippen LogP contribution in [0.3, 0.4) is 0 Å². The van der Waals surface area contributed by atoms with E-state index in [1.165, 1.54) is 11.3 Å². The largest absolute Gasteiger partial charge is 0.340 e. The first-order chi connectivity index (χ1) is 15.0. The molecule has 3 aromatic rings. The van der Waals surface area contributed by atoms with E-state index in [0.29, 0.717) is 18.7 Å². The molecule has 1 aliphatic rings. The van der Waals surface area contributed by atoms with Gasteiger partial charge in [-0.3, -0.25) is 9.59 Å². The zero-order chi connectivity index (χ0) is 22.0. The molecule has 31 heavy (non-hydrogen) atoms. The zero-order valence-electron chi connectivity index (χ0n) is 18.2. The van der Waals surface area contributed by atoms with Crippen LogP contribution in [0, 0.1) is 5.92 Å². The second-order valence-corrected chi connectivity index (χ2v) is 9.23. The number of hydrogen-bond donors (Lipinski definition) is 1. The van der Waals surface area contributed by atoms with E-state index in [1.54, 1.807) is 6.07 Å². The number of carbonyl (C=O) groups excluding carboxylic acids is 2. The Kier molecular flexibility index (Phi) is 6.38. The third kappa shape index (κ3) is 4.65. The number of likely N-dealkylation sites (N-methyl/N-ethyl adjacent to an activating group) is 1. The Bertz CT molecular complexity index is 1050. The molecule has 8 heteroatoms. The molecule has 1 atom stereocenters. The third-order valence-corrected chi connectivity index (χ3v) is 6.85. The number of aromatic nitrogens is 2. The molecule has 7 nitrogen and oxygen atoms in total. The minimum atomic E-state index is -0.534. The van der Waals surface area contributed by atoms with Gasteiger partial charge >= 0.3 is 0 Å². The summed E-state index contributed by atoms with van der Waals surface area (Å²) < 4.78 is 2.90. The number of nitrogens with one attached hydrogen (secondary N) is 1.